The van der Waals surface area contributed by atoms with Crippen molar-refractivity contribution < 1.29 is 26.9 Å². The van der Waals surface area contributed by atoms with Crippen LogP contribution in [-0.2, 0) is 28.6 Å². The lowest BCUT2D eigenvalue weighted by atomic mass is 10.2. The number of aryl methyl sites for hydroxylation is 1. The molecule has 0 bridgehead atoms. The van der Waals surface area contributed by atoms with Crippen molar-refractivity contribution in [1.29, 1.82) is 0 Å². The van der Waals surface area contributed by atoms with Crippen molar-refractivity contribution in [2.24, 2.45) is 0 Å². The number of benzene rings is 1. The first-order valence-corrected chi connectivity index (χ1v) is 7.56. The lowest BCUT2D eigenvalue weighted by molar-refractivity contribution is -0.152. The molecule has 0 aliphatic carbocycles. The smallest absolute Gasteiger partial charge is 0.297 e. The minimum absolute atomic E-state index is 0.102. The summed E-state index contributed by atoms with van der Waals surface area (Å²) in [6, 6.07) is 6.38. The topological polar surface area (TPSA) is 78.9 Å². The van der Waals surface area contributed by atoms with Crippen LogP contribution in [0.5, 0.6) is 0 Å². The predicted octanol–water partition coefficient (Wildman–Crippen LogP) is 0.683. The SMILES string of the molecule is Cc1ccc(S(=O)(=O)OC[C@H]2CO[C@H](C=O)CO2)cc1. The van der Waals surface area contributed by atoms with Gasteiger partial charge < -0.3 is 14.3 Å². The molecule has 0 unspecified atom stereocenters. The number of hydrogen-bond donors (Lipinski definition) is 0. The summed E-state index contributed by atoms with van der Waals surface area (Å²) < 4.78 is 39.3. The summed E-state index contributed by atoms with van der Waals surface area (Å²) in [5.74, 6) is 0. The predicted molar refractivity (Wildman–Crippen MR) is 69.9 cm³/mol. The van der Waals surface area contributed by atoms with Gasteiger partial charge in [0.25, 0.3) is 10.1 Å². The minimum atomic E-state index is -3.80. The van der Waals surface area contributed by atoms with Crippen LogP contribution in [0.4, 0.5) is 0 Å². The molecule has 1 heterocycles. The summed E-state index contributed by atoms with van der Waals surface area (Å²) in [6.45, 7) is 1.98. The average molecular weight is 300 g/mol. The van der Waals surface area contributed by atoms with Crippen LogP contribution in [0, 0.1) is 6.92 Å². The Morgan fingerprint density at radius 2 is 1.95 bits per heavy atom. The van der Waals surface area contributed by atoms with E-state index in [0.717, 1.165) is 5.56 Å². The van der Waals surface area contributed by atoms with Crippen LogP contribution in [0.3, 0.4) is 0 Å². The van der Waals surface area contributed by atoms with E-state index in [4.69, 9.17) is 13.7 Å². The van der Waals surface area contributed by atoms with E-state index in [2.05, 4.69) is 0 Å². The Morgan fingerprint density at radius 1 is 1.25 bits per heavy atom. The summed E-state index contributed by atoms with van der Waals surface area (Å²) in [6.07, 6.45) is -0.425. The van der Waals surface area contributed by atoms with Gasteiger partial charge in [-0.1, -0.05) is 17.7 Å². The van der Waals surface area contributed by atoms with Gasteiger partial charge in [0.2, 0.25) is 0 Å². The fraction of sp³-hybridized carbons (Fsp3) is 0.462. The second-order valence-corrected chi connectivity index (χ2v) is 6.13. The summed E-state index contributed by atoms with van der Waals surface area (Å²) in [4.78, 5) is 10.6. The van der Waals surface area contributed by atoms with Gasteiger partial charge in [-0.25, -0.2) is 0 Å². The third-order valence-electron chi connectivity index (χ3n) is 2.86. The van der Waals surface area contributed by atoms with E-state index in [0.29, 0.717) is 6.29 Å². The van der Waals surface area contributed by atoms with E-state index in [9.17, 15) is 13.2 Å². The molecule has 1 fully saturated rings. The van der Waals surface area contributed by atoms with Crippen LogP contribution in [-0.4, -0.2) is 46.7 Å². The van der Waals surface area contributed by atoms with E-state index >= 15 is 0 Å². The standard InChI is InChI=1S/C13H16O6S/c1-10-2-4-13(5-3-10)20(15,16)19-9-12-8-17-11(6-14)7-18-12/h2-6,11-12H,7-9H2,1H3/t11-,12-/m1/s1. The zero-order chi connectivity index (χ0) is 14.6. The summed E-state index contributed by atoms with van der Waals surface area (Å²) in [5, 5.41) is 0. The third kappa shape index (κ3) is 3.86. The molecule has 0 aromatic heterocycles. The highest BCUT2D eigenvalue weighted by Crippen LogP contribution is 2.15. The molecule has 0 N–H and O–H groups in total. The molecule has 1 aliphatic heterocycles. The second kappa shape index (κ2) is 6.45. The first-order valence-electron chi connectivity index (χ1n) is 6.16. The molecule has 0 spiro atoms. The molecule has 2 atom stereocenters. The van der Waals surface area contributed by atoms with Gasteiger partial charge in [0.05, 0.1) is 24.7 Å². The molecule has 0 radical (unpaired) electrons. The molecular formula is C13H16O6S. The van der Waals surface area contributed by atoms with Gasteiger partial charge in [0.1, 0.15) is 12.2 Å². The Morgan fingerprint density at radius 3 is 2.50 bits per heavy atom. The fourth-order valence-electron chi connectivity index (χ4n) is 1.67. The monoisotopic (exact) mass is 300 g/mol. The molecule has 110 valence electrons. The first kappa shape index (κ1) is 15.1. The molecule has 20 heavy (non-hydrogen) atoms. The highest BCUT2D eigenvalue weighted by atomic mass is 32.2. The molecule has 0 amide bonds. The van der Waals surface area contributed by atoms with Crippen molar-refractivity contribution in [3.63, 3.8) is 0 Å². The summed E-state index contributed by atoms with van der Waals surface area (Å²) in [5.41, 5.74) is 0.966. The molecule has 6 nitrogen and oxygen atoms in total. The van der Waals surface area contributed by atoms with Crippen molar-refractivity contribution >= 4 is 16.4 Å². The number of aldehydes is 1. The van der Waals surface area contributed by atoms with E-state index in [1.807, 2.05) is 6.92 Å². The fourth-order valence-corrected chi connectivity index (χ4v) is 2.61. The molecule has 1 saturated heterocycles. The van der Waals surface area contributed by atoms with E-state index < -0.39 is 22.3 Å². The van der Waals surface area contributed by atoms with Gasteiger partial charge in [0, 0.05) is 0 Å². The third-order valence-corrected chi connectivity index (χ3v) is 4.16. The maximum Gasteiger partial charge on any atom is 0.297 e. The molecule has 1 aromatic rings. The zero-order valence-electron chi connectivity index (χ0n) is 11.0. The number of carbonyl (C=O) groups excluding carboxylic acids is 1. The number of rotatable bonds is 5. The van der Waals surface area contributed by atoms with Crippen molar-refractivity contribution in [2.75, 3.05) is 19.8 Å². The summed E-state index contributed by atoms with van der Waals surface area (Å²) in [7, 11) is -3.80. The largest absolute Gasteiger partial charge is 0.370 e. The maximum absolute atomic E-state index is 11.9. The minimum Gasteiger partial charge on any atom is -0.370 e. The van der Waals surface area contributed by atoms with Gasteiger partial charge >= 0.3 is 0 Å². The van der Waals surface area contributed by atoms with Crippen molar-refractivity contribution in [2.45, 2.75) is 24.0 Å². The van der Waals surface area contributed by atoms with E-state index in [-0.39, 0.29) is 24.7 Å². The normalized spacial score (nSPS) is 23.4. The lowest BCUT2D eigenvalue weighted by Crippen LogP contribution is -2.39. The Labute approximate surface area is 117 Å². The molecule has 1 aliphatic rings. The first-order chi connectivity index (χ1) is 9.51. The molecule has 0 saturated carbocycles. The Hall–Kier alpha value is -1.28. The number of carbonyl (C=O) groups is 1. The highest BCUT2D eigenvalue weighted by Gasteiger charge is 2.24. The summed E-state index contributed by atoms with van der Waals surface area (Å²) >= 11 is 0. The lowest BCUT2D eigenvalue weighted by Gasteiger charge is -2.26. The second-order valence-electron chi connectivity index (χ2n) is 4.51. The van der Waals surface area contributed by atoms with Crippen LogP contribution >= 0.6 is 0 Å². The van der Waals surface area contributed by atoms with Gasteiger partial charge in [-0.3, -0.25) is 4.18 Å². The molecular weight excluding hydrogens is 284 g/mol. The van der Waals surface area contributed by atoms with Crippen LogP contribution in [0.2, 0.25) is 0 Å². The molecule has 2 rings (SSSR count). The van der Waals surface area contributed by atoms with Crippen molar-refractivity contribution in [3.8, 4) is 0 Å². The Balaban J connectivity index is 1.90. The van der Waals surface area contributed by atoms with Crippen molar-refractivity contribution in [1.82, 2.24) is 0 Å². The van der Waals surface area contributed by atoms with Crippen LogP contribution < -0.4 is 0 Å². The maximum atomic E-state index is 11.9. The highest BCUT2D eigenvalue weighted by molar-refractivity contribution is 7.86. The van der Waals surface area contributed by atoms with E-state index in [1.165, 1.54) is 12.1 Å². The van der Waals surface area contributed by atoms with Gasteiger partial charge in [-0.2, -0.15) is 8.42 Å². The van der Waals surface area contributed by atoms with Gasteiger partial charge in [-0.05, 0) is 19.1 Å². The van der Waals surface area contributed by atoms with Gasteiger partial charge in [0.15, 0.2) is 6.29 Å². The van der Waals surface area contributed by atoms with Gasteiger partial charge in [-0.15, -0.1) is 0 Å². The Bertz CT molecular complexity index is 543. The van der Waals surface area contributed by atoms with Crippen LogP contribution in [0.25, 0.3) is 0 Å². The molecule has 7 heteroatoms. The molecule has 1 aromatic carbocycles. The van der Waals surface area contributed by atoms with Crippen LogP contribution in [0.15, 0.2) is 29.2 Å². The number of hydrogen-bond acceptors (Lipinski definition) is 6. The zero-order valence-corrected chi connectivity index (χ0v) is 11.8. The quantitative estimate of drug-likeness (QED) is 0.588. The van der Waals surface area contributed by atoms with E-state index in [1.54, 1.807) is 12.1 Å². The Kier molecular flexibility index (Phi) is 4.87. The average Bonchev–Trinajstić information content (AvgIpc) is 2.46. The van der Waals surface area contributed by atoms with Crippen LogP contribution in [0.1, 0.15) is 5.56 Å². The number of ether oxygens (including phenoxy) is 2. The van der Waals surface area contributed by atoms with Crippen molar-refractivity contribution in [3.05, 3.63) is 29.8 Å².